The molecule has 0 aliphatic heterocycles. The van der Waals surface area contributed by atoms with Gasteiger partial charge in [0, 0.05) is 0 Å². The minimum absolute atomic E-state index is 0.374. The van der Waals surface area contributed by atoms with Gasteiger partial charge < -0.3 is 14.7 Å². The summed E-state index contributed by atoms with van der Waals surface area (Å²) in [4.78, 5) is 1.50. The molecule has 1 atom stereocenters. The molecule has 0 bridgehead atoms. The lowest BCUT2D eigenvalue weighted by Gasteiger charge is -2.24. The van der Waals surface area contributed by atoms with Crippen molar-refractivity contribution in [3.63, 3.8) is 0 Å². The molecule has 0 amide bonds. The molecule has 1 aromatic rings. The van der Waals surface area contributed by atoms with Crippen LogP contribution in [-0.4, -0.2) is 37.5 Å². The molecular weight excluding hydrogens is 298 g/mol. The lowest BCUT2D eigenvalue weighted by molar-refractivity contribution is -0.904. The first-order chi connectivity index (χ1) is 11.3. The number of aliphatic hydroxyl groups is 1. The van der Waals surface area contributed by atoms with Gasteiger partial charge in [0.05, 0.1) is 13.1 Å². The Hall–Kier alpha value is -1.06. The van der Waals surface area contributed by atoms with Crippen LogP contribution >= 0.6 is 0 Å². The van der Waals surface area contributed by atoms with Gasteiger partial charge in [0.25, 0.3) is 0 Å². The maximum absolute atomic E-state index is 10.4. The average molecular weight is 337 g/mol. The van der Waals surface area contributed by atoms with Gasteiger partial charge in [-0.2, -0.15) is 0 Å². The third-order valence-electron chi connectivity index (χ3n) is 4.50. The average Bonchev–Trinajstić information content (AvgIpc) is 2.49. The molecule has 1 rings (SSSR count). The van der Waals surface area contributed by atoms with E-state index >= 15 is 0 Å². The maximum Gasteiger partial charge on any atom is 0.137 e. The van der Waals surface area contributed by atoms with Crippen LogP contribution in [0.15, 0.2) is 18.2 Å². The number of hydrogen-bond donors (Lipinski definition) is 2. The highest BCUT2D eigenvalue weighted by atomic mass is 16.5. The number of hydrogen-bond acceptors (Lipinski definition) is 2. The van der Waals surface area contributed by atoms with Gasteiger partial charge in [0.2, 0.25) is 0 Å². The molecule has 0 unspecified atom stereocenters. The van der Waals surface area contributed by atoms with Crippen LogP contribution in [0.5, 0.6) is 5.75 Å². The number of aryl methyl sites for hydroxylation is 2. The Morgan fingerprint density at radius 2 is 1.46 bits per heavy atom. The largest absolute Gasteiger partial charge is 0.490 e. The summed E-state index contributed by atoms with van der Waals surface area (Å²) in [6, 6.07) is 6.15. The molecule has 0 fully saturated rings. The third-order valence-corrected chi connectivity index (χ3v) is 4.50. The molecule has 138 valence electrons. The van der Waals surface area contributed by atoms with Gasteiger partial charge in [0.1, 0.15) is 25.0 Å². The standard InChI is InChI=1S/C21H37NO2/c1-16(2)10-12-22(13-11-17(3)4)14-20(23)15-24-21-18(5)8-7-9-19(21)6/h7-9,16-17,20,23H,10-15H2,1-6H3/p+1/t20-/m0/s1. The minimum Gasteiger partial charge on any atom is -0.490 e. The fraction of sp³-hybridized carbons (Fsp3) is 0.714. The molecule has 2 N–H and O–H groups in total. The zero-order valence-electron chi connectivity index (χ0n) is 16.6. The molecule has 0 aliphatic rings. The van der Waals surface area contributed by atoms with E-state index in [2.05, 4.69) is 53.7 Å². The van der Waals surface area contributed by atoms with Gasteiger partial charge >= 0.3 is 0 Å². The Morgan fingerprint density at radius 3 is 1.92 bits per heavy atom. The summed E-state index contributed by atoms with van der Waals surface area (Å²) in [5.74, 6) is 2.34. The summed E-state index contributed by atoms with van der Waals surface area (Å²) in [5.41, 5.74) is 2.26. The number of ether oxygens (including phenoxy) is 1. The second-order valence-corrected chi connectivity index (χ2v) is 8.00. The summed E-state index contributed by atoms with van der Waals surface area (Å²) in [6.07, 6.45) is 1.99. The van der Waals surface area contributed by atoms with Gasteiger partial charge in [0.15, 0.2) is 0 Å². The molecule has 0 spiro atoms. The summed E-state index contributed by atoms with van der Waals surface area (Å²) in [7, 11) is 0. The number of quaternary nitrogens is 1. The normalized spacial score (nSPS) is 13.1. The number of aliphatic hydroxyl groups excluding tert-OH is 1. The van der Waals surface area contributed by atoms with Crippen LogP contribution in [0.25, 0.3) is 0 Å². The smallest absolute Gasteiger partial charge is 0.137 e. The Labute approximate surface area is 149 Å². The van der Waals surface area contributed by atoms with E-state index in [1.807, 2.05) is 6.07 Å². The highest BCUT2D eigenvalue weighted by Crippen LogP contribution is 2.22. The summed E-state index contributed by atoms with van der Waals surface area (Å²) in [6.45, 7) is 16.6. The van der Waals surface area contributed by atoms with Crippen molar-refractivity contribution in [3.05, 3.63) is 29.3 Å². The van der Waals surface area contributed by atoms with Crippen LogP contribution in [-0.2, 0) is 0 Å². The fourth-order valence-electron chi connectivity index (χ4n) is 2.91. The van der Waals surface area contributed by atoms with E-state index in [4.69, 9.17) is 4.74 Å². The summed E-state index contributed by atoms with van der Waals surface area (Å²) >= 11 is 0. The van der Waals surface area contributed by atoms with Crippen molar-refractivity contribution in [1.29, 1.82) is 0 Å². The van der Waals surface area contributed by atoms with E-state index in [1.54, 1.807) is 0 Å². The topological polar surface area (TPSA) is 33.9 Å². The Bertz CT molecular complexity index is 439. The molecule has 0 aliphatic carbocycles. The first-order valence-electron chi connectivity index (χ1n) is 9.50. The predicted octanol–water partition coefficient (Wildman–Crippen LogP) is 3.02. The van der Waals surface area contributed by atoms with E-state index in [9.17, 15) is 5.11 Å². The second-order valence-electron chi connectivity index (χ2n) is 8.00. The van der Waals surface area contributed by atoms with Gasteiger partial charge in [-0.05, 0) is 49.7 Å². The van der Waals surface area contributed by atoms with Crippen LogP contribution in [0.1, 0.15) is 51.7 Å². The molecule has 1 aromatic carbocycles. The molecule has 24 heavy (non-hydrogen) atoms. The number of benzene rings is 1. The SMILES string of the molecule is Cc1cccc(C)c1OC[C@@H](O)C[NH+](CCC(C)C)CCC(C)C. The van der Waals surface area contributed by atoms with Crippen molar-refractivity contribution < 1.29 is 14.7 Å². The number of nitrogens with one attached hydrogen (secondary N) is 1. The van der Waals surface area contributed by atoms with E-state index in [0.717, 1.165) is 36.5 Å². The van der Waals surface area contributed by atoms with E-state index in [-0.39, 0.29) is 0 Å². The Kier molecular flexibility index (Phi) is 9.38. The van der Waals surface area contributed by atoms with Crippen LogP contribution in [0.4, 0.5) is 0 Å². The van der Waals surface area contributed by atoms with Crippen molar-refractivity contribution in [2.24, 2.45) is 11.8 Å². The van der Waals surface area contributed by atoms with Crippen LogP contribution in [0, 0.1) is 25.7 Å². The lowest BCUT2D eigenvalue weighted by atomic mass is 10.1. The zero-order valence-corrected chi connectivity index (χ0v) is 16.6. The molecular formula is C21H38NO2+. The highest BCUT2D eigenvalue weighted by Gasteiger charge is 2.17. The van der Waals surface area contributed by atoms with Crippen molar-refractivity contribution in [2.75, 3.05) is 26.2 Å². The minimum atomic E-state index is -0.418. The molecule has 3 heteroatoms. The zero-order chi connectivity index (χ0) is 18.1. The molecule has 0 saturated heterocycles. The molecule has 0 aromatic heterocycles. The molecule has 3 nitrogen and oxygen atoms in total. The highest BCUT2D eigenvalue weighted by molar-refractivity contribution is 5.39. The van der Waals surface area contributed by atoms with Gasteiger partial charge in [-0.3, -0.25) is 0 Å². The van der Waals surface area contributed by atoms with E-state index in [0.29, 0.717) is 18.4 Å². The lowest BCUT2D eigenvalue weighted by Crippen LogP contribution is -3.13. The third kappa shape index (κ3) is 8.16. The van der Waals surface area contributed by atoms with Crippen molar-refractivity contribution in [3.8, 4) is 5.75 Å². The van der Waals surface area contributed by atoms with Crippen molar-refractivity contribution in [2.45, 2.75) is 60.5 Å². The van der Waals surface area contributed by atoms with Gasteiger partial charge in [-0.1, -0.05) is 45.9 Å². The van der Waals surface area contributed by atoms with Crippen LogP contribution in [0.3, 0.4) is 0 Å². The Morgan fingerprint density at radius 1 is 0.958 bits per heavy atom. The summed E-state index contributed by atoms with van der Waals surface area (Å²) < 4.78 is 5.92. The first-order valence-corrected chi connectivity index (χ1v) is 9.50. The second kappa shape index (κ2) is 10.7. The molecule has 0 saturated carbocycles. The number of para-hydroxylation sites is 1. The maximum atomic E-state index is 10.4. The van der Waals surface area contributed by atoms with Gasteiger partial charge in [-0.15, -0.1) is 0 Å². The van der Waals surface area contributed by atoms with Crippen molar-refractivity contribution in [1.82, 2.24) is 0 Å². The monoisotopic (exact) mass is 336 g/mol. The molecule has 0 heterocycles. The van der Waals surface area contributed by atoms with Crippen molar-refractivity contribution >= 4 is 0 Å². The van der Waals surface area contributed by atoms with Crippen LogP contribution in [0.2, 0.25) is 0 Å². The Balaban J connectivity index is 2.52. The predicted molar refractivity (Wildman–Crippen MR) is 102 cm³/mol. The van der Waals surface area contributed by atoms with Gasteiger partial charge in [-0.25, -0.2) is 0 Å². The first kappa shape index (κ1) is 21.0. The number of rotatable bonds is 11. The summed E-state index contributed by atoms with van der Waals surface area (Å²) in [5, 5.41) is 10.4. The quantitative estimate of drug-likeness (QED) is 0.651. The van der Waals surface area contributed by atoms with E-state index < -0.39 is 6.10 Å². The fourth-order valence-corrected chi connectivity index (χ4v) is 2.91. The van der Waals surface area contributed by atoms with E-state index in [1.165, 1.54) is 17.7 Å². The molecule has 0 radical (unpaired) electrons. The van der Waals surface area contributed by atoms with Crippen LogP contribution < -0.4 is 9.64 Å².